The van der Waals surface area contributed by atoms with Crippen LogP contribution in [0, 0.1) is 5.82 Å². The molecule has 33 heavy (non-hydrogen) atoms. The van der Waals surface area contributed by atoms with Crippen molar-refractivity contribution in [2.75, 3.05) is 23.3 Å². The fourth-order valence-corrected chi connectivity index (χ4v) is 4.60. The first kappa shape index (κ1) is 22.9. The highest BCUT2D eigenvalue weighted by atomic mass is 35.5. The smallest absolute Gasteiger partial charge is 0.261 e. The number of rotatable bonds is 6. The lowest BCUT2D eigenvalue weighted by molar-refractivity contribution is -0.115. The first-order chi connectivity index (χ1) is 15.8. The molecule has 0 aromatic heterocycles. The van der Waals surface area contributed by atoms with E-state index >= 15 is 0 Å². The Kier molecular flexibility index (Phi) is 6.71. The molecule has 10 heteroatoms. The molecule has 0 atom stereocenters. The third kappa shape index (κ3) is 5.74. The van der Waals surface area contributed by atoms with Crippen molar-refractivity contribution in [2.24, 2.45) is 0 Å². The zero-order chi connectivity index (χ0) is 23.4. The summed E-state index contributed by atoms with van der Waals surface area (Å²) in [6.45, 7) is 1.01. The van der Waals surface area contributed by atoms with E-state index in [1.165, 1.54) is 42.5 Å². The average Bonchev–Trinajstić information content (AvgIpc) is 3.00. The van der Waals surface area contributed by atoms with Crippen LogP contribution in [0.25, 0.3) is 0 Å². The van der Waals surface area contributed by atoms with Gasteiger partial charge in [-0.05, 0) is 60.2 Å². The fourth-order valence-electron chi connectivity index (χ4n) is 3.26. The van der Waals surface area contributed by atoms with Gasteiger partial charge in [-0.15, -0.1) is 0 Å². The average molecular weight is 491 g/mol. The number of amides is 1. The van der Waals surface area contributed by atoms with Crippen LogP contribution in [0.15, 0.2) is 65.6 Å². The second-order valence-corrected chi connectivity index (χ2v) is 9.41. The zero-order valence-corrected chi connectivity index (χ0v) is 18.9. The van der Waals surface area contributed by atoms with Crippen molar-refractivity contribution in [3.63, 3.8) is 0 Å². The summed E-state index contributed by atoms with van der Waals surface area (Å²) in [6.07, 6.45) is 0.780. The molecule has 3 aromatic carbocycles. The Morgan fingerprint density at radius 2 is 1.76 bits per heavy atom. The van der Waals surface area contributed by atoms with Crippen LogP contribution in [0.1, 0.15) is 12.0 Å². The van der Waals surface area contributed by atoms with Crippen LogP contribution in [-0.2, 0) is 21.2 Å². The number of benzene rings is 3. The number of carbonyl (C=O) groups excluding carboxylic acids is 1. The van der Waals surface area contributed by atoms with E-state index in [1.54, 1.807) is 12.1 Å². The number of ether oxygens (including phenoxy) is 2. The summed E-state index contributed by atoms with van der Waals surface area (Å²) in [5.74, 6) is 0.113. The van der Waals surface area contributed by atoms with Crippen molar-refractivity contribution >= 4 is 38.9 Å². The van der Waals surface area contributed by atoms with Gasteiger partial charge in [-0.1, -0.05) is 17.7 Å². The first-order valence-corrected chi connectivity index (χ1v) is 11.9. The Hall–Kier alpha value is -3.30. The van der Waals surface area contributed by atoms with Crippen molar-refractivity contribution in [2.45, 2.75) is 17.7 Å². The van der Waals surface area contributed by atoms with E-state index in [9.17, 15) is 17.6 Å². The number of nitrogens with one attached hydrogen (secondary N) is 2. The molecule has 0 saturated carbocycles. The molecule has 0 radical (unpaired) electrons. The van der Waals surface area contributed by atoms with Crippen LogP contribution >= 0.6 is 11.6 Å². The molecule has 0 saturated heterocycles. The van der Waals surface area contributed by atoms with Gasteiger partial charge in [0.2, 0.25) is 5.91 Å². The van der Waals surface area contributed by atoms with E-state index in [0.29, 0.717) is 41.0 Å². The molecular formula is C23H20ClFN2O5S. The van der Waals surface area contributed by atoms with Gasteiger partial charge >= 0.3 is 0 Å². The third-order valence-electron chi connectivity index (χ3n) is 4.75. The number of fused-ring (bicyclic) bond motifs is 1. The van der Waals surface area contributed by atoms with Crippen LogP contribution in [0.4, 0.5) is 15.8 Å². The van der Waals surface area contributed by atoms with Gasteiger partial charge in [-0.3, -0.25) is 9.52 Å². The SMILES string of the molecule is O=C(Cc1cc(Cl)c2c(c1)OCCCO2)Nc1ccc(S(=O)(=O)Nc2cccc(F)c2)cc1. The van der Waals surface area contributed by atoms with Crippen LogP contribution in [0.3, 0.4) is 0 Å². The topological polar surface area (TPSA) is 93.7 Å². The minimum Gasteiger partial charge on any atom is -0.489 e. The lowest BCUT2D eigenvalue weighted by atomic mass is 10.1. The van der Waals surface area contributed by atoms with Crippen molar-refractivity contribution in [1.82, 2.24) is 0 Å². The lowest BCUT2D eigenvalue weighted by Gasteiger charge is -2.12. The molecule has 1 amide bonds. The van der Waals surface area contributed by atoms with Crippen LogP contribution < -0.4 is 19.5 Å². The fraction of sp³-hybridized carbons (Fsp3) is 0.174. The number of hydrogen-bond donors (Lipinski definition) is 2. The summed E-state index contributed by atoms with van der Waals surface area (Å²) >= 11 is 6.27. The molecule has 0 fully saturated rings. The first-order valence-electron chi connectivity index (χ1n) is 10.1. The molecule has 0 aliphatic carbocycles. The third-order valence-corrected chi connectivity index (χ3v) is 6.43. The molecule has 0 bridgehead atoms. The van der Waals surface area contributed by atoms with Gasteiger partial charge in [0.25, 0.3) is 10.0 Å². The van der Waals surface area contributed by atoms with Gasteiger partial charge in [0, 0.05) is 12.1 Å². The van der Waals surface area contributed by atoms with E-state index in [1.807, 2.05) is 0 Å². The standard InChI is InChI=1S/C23H20ClFN2O5S/c24-20-11-15(12-21-23(20)32-10-2-9-31-21)13-22(28)26-17-5-7-19(8-6-17)33(29,30)27-18-4-1-3-16(25)14-18/h1,3-8,11-12,14,27H,2,9-10,13H2,(H,26,28). The summed E-state index contributed by atoms with van der Waals surface area (Å²) in [7, 11) is -3.91. The molecule has 1 aliphatic heterocycles. The maximum absolute atomic E-state index is 13.3. The summed E-state index contributed by atoms with van der Waals surface area (Å²) in [6, 6.07) is 14.2. The van der Waals surface area contributed by atoms with Crippen molar-refractivity contribution in [3.05, 3.63) is 77.1 Å². The van der Waals surface area contributed by atoms with Crippen molar-refractivity contribution < 1.29 is 27.1 Å². The normalized spacial score (nSPS) is 13.2. The summed E-state index contributed by atoms with van der Waals surface area (Å²) in [4.78, 5) is 12.5. The molecule has 7 nitrogen and oxygen atoms in total. The maximum Gasteiger partial charge on any atom is 0.261 e. The van der Waals surface area contributed by atoms with Crippen LogP contribution in [0.5, 0.6) is 11.5 Å². The predicted octanol–water partition coefficient (Wildman–Crippen LogP) is 4.62. The zero-order valence-electron chi connectivity index (χ0n) is 17.3. The summed E-state index contributed by atoms with van der Waals surface area (Å²) < 4.78 is 51.9. The monoisotopic (exact) mass is 490 g/mol. The van der Waals surface area contributed by atoms with Gasteiger partial charge in [0.15, 0.2) is 11.5 Å². The number of hydrogen-bond acceptors (Lipinski definition) is 5. The largest absolute Gasteiger partial charge is 0.489 e. The predicted molar refractivity (Wildman–Crippen MR) is 123 cm³/mol. The molecular weight excluding hydrogens is 471 g/mol. The van der Waals surface area contributed by atoms with Gasteiger partial charge in [-0.25, -0.2) is 12.8 Å². The van der Waals surface area contributed by atoms with E-state index < -0.39 is 15.8 Å². The minimum absolute atomic E-state index is 0.0283. The van der Waals surface area contributed by atoms with E-state index in [0.717, 1.165) is 12.5 Å². The molecule has 1 heterocycles. The number of sulfonamides is 1. The summed E-state index contributed by atoms with van der Waals surface area (Å²) in [5, 5.41) is 3.09. The van der Waals surface area contributed by atoms with Gasteiger partial charge < -0.3 is 14.8 Å². The Balaban J connectivity index is 1.41. The van der Waals surface area contributed by atoms with E-state index in [2.05, 4.69) is 10.0 Å². The lowest BCUT2D eigenvalue weighted by Crippen LogP contribution is -2.15. The molecule has 4 rings (SSSR count). The number of halogens is 2. The second-order valence-electron chi connectivity index (χ2n) is 7.32. The Labute approximate surface area is 195 Å². The maximum atomic E-state index is 13.3. The van der Waals surface area contributed by atoms with Gasteiger partial charge in [-0.2, -0.15) is 0 Å². The number of anilines is 2. The van der Waals surface area contributed by atoms with Crippen LogP contribution in [0.2, 0.25) is 5.02 Å². The quantitative estimate of drug-likeness (QED) is 0.525. The molecule has 1 aliphatic rings. The van der Waals surface area contributed by atoms with Crippen molar-refractivity contribution in [3.8, 4) is 11.5 Å². The highest BCUT2D eigenvalue weighted by Crippen LogP contribution is 2.38. The Morgan fingerprint density at radius 3 is 2.52 bits per heavy atom. The Morgan fingerprint density at radius 1 is 1.00 bits per heavy atom. The summed E-state index contributed by atoms with van der Waals surface area (Å²) in [5.41, 5.74) is 1.19. The van der Waals surface area contributed by atoms with Crippen molar-refractivity contribution in [1.29, 1.82) is 0 Å². The molecule has 0 spiro atoms. The molecule has 2 N–H and O–H groups in total. The van der Waals surface area contributed by atoms with E-state index in [-0.39, 0.29) is 22.9 Å². The molecule has 172 valence electrons. The van der Waals surface area contributed by atoms with Gasteiger partial charge in [0.1, 0.15) is 5.82 Å². The molecule has 3 aromatic rings. The van der Waals surface area contributed by atoms with Crippen LogP contribution in [-0.4, -0.2) is 27.5 Å². The van der Waals surface area contributed by atoms with E-state index in [4.69, 9.17) is 21.1 Å². The minimum atomic E-state index is -3.91. The van der Waals surface area contributed by atoms with Gasteiger partial charge in [0.05, 0.1) is 35.2 Å². The molecule has 0 unspecified atom stereocenters. The second kappa shape index (κ2) is 9.68. The Bertz CT molecular complexity index is 1280. The number of carbonyl (C=O) groups is 1. The highest BCUT2D eigenvalue weighted by Gasteiger charge is 2.18. The highest BCUT2D eigenvalue weighted by molar-refractivity contribution is 7.92.